The van der Waals surface area contributed by atoms with Gasteiger partial charge in [-0.2, -0.15) is 10.2 Å². The Morgan fingerprint density at radius 2 is 1.91 bits per heavy atom. The molecule has 6 rings (SSSR count). The first kappa shape index (κ1) is 20.2. The zero-order chi connectivity index (χ0) is 22.4. The van der Waals surface area contributed by atoms with E-state index in [4.69, 9.17) is 9.47 Å². The number of piperidine rings is 1. The highest BCUT2D eigenvalue weighted by Crippen LogP contribution is 2.36. The molecule has 2 bridgehead atoms. The zero-order valence-corrected chi connectivity index (χ0v) is 18.7. The topological polar surface area (TPSA) is 90.5 Å². The number of nitrogens with zero attached hydrogens (tertiary/aromatic N) is 5. The van der Waals surface area contributed by atoms with E-state index in [1.54, 1.807) is 4.68 Å². The number of ether oxygens (including phenoxy) is 2. The second-order valence-electron chi connectivity index (χ2n) is 8.91. The largest absolute Gasteiger partial charge is 0.488 e. The van der Waals surface area contributed by atoms with Crippen molar-refractivity contribution in [3.05, 3.63) is 54.6 Å². The molecule has 170 valence electrons. The van der Waals surface area contributed by atoms with E-state index in [2.05, 4.69) is 37.9 Å². The quantitative estimate of drug-likeness (QED) is 0.488. The molecule has 2 N–H and O–H groups in total. The number of morpholine rings is 1. The minimum atomic E-state index is 0.138. The van der Waals surface area contributed by atoms with E-state index in [1.165, 1.54) is 0 Å². The van der Waals surface area contributed by atoms with Crippen molar-refractivity contribution in [3.63, 3.8) is 0 Å². The smallest absolute Gasteiger partial charge is 0.154 e. The third kappa shape index (κ3) is 4.05. The zero-order valence-electron chi connectivity index (χ0n) is 18.7. The van der Waals surface area contributed by atoms with Gasteiger partial charge < -0.3 is 20.1 Å². The number of aryl methyl sites for hydroxylation is 2. The van der Waals surface area contributed by atoms with Crippen molar-refractivity contribution < 1.29 is 9.47 Å². The van der Waals surface area contributed by atoms with Crippen molar-refractivity contribution in [2.24, 2.45) is 7.05 Å². The number of hydrogen-bond acceptors (Lipinski definition) is 7. The van der Waals surface area contributed by atoms with Crippen molar-refractivity contribution >= 4 is 17.2 Å². The average Bonchev–Trinajstić information content (AvgIpc) is 3.40. The Hall–Kier alpha value is -3.43. The Bertz CT molecular complexity index is 1290. The molecule has 0 radical (unpaired) electrons. The summed E-state index contributed by atoms with van der Waals surface area (Å²) in [4.78, 5) is 4.54. The van der Waals surface area contributed by atoms with Crippen LogP contribution in [0.4, 0.5) is 11.6 Å². The maximum Gasteiger partial charge on any atom is 0.154 e. The van der Waals surface area contributed by atoms with Gasteiger partial charge in [-0.05, 0) is 19.1 Å². The van der Waals surface area contributed by atoms with Gasteiger partial charge in [0.1, 0.15) is 11.9 Å². The number of hydrogen-bond donors (Lipinski definition) is 2. The summed E-state index contributed by atoms with van der Waals surface area (Å²) >= 11 is 0. The summed E-state index contributed by atoms with van der Waals surface area (Å²) in [6.07, 6.45) is 7.70. The lowest BCUT2D eigenvalue weighted by atomic mass is 9.94. The molecule has 33 heavy (non-hydrogen) atoms. The summed E-state index contributed by atoms with van der Waals surface area (Å²) in [5, 5.41) is 16.0. The molecular formula is C24H27N7O2. The lowest BCUT2D eigenvalue weighted by molar-refractivity contribution is -0.0122. The van der Waals surface area contributed by atoms with Crippen LogP contribution in [0.3, 0.4) is 0 Å². The van der Waals surface area contributed by atoms with Crippen molar-refractivity contribution in [3.8, 4) is 16.9 Å². The van der Waals surface area contributed by atoms with Gasteiger partial charge >= 0.3 is 0 Å². The molecule has 0 aromatic carbocycles. The van der Waals surface area contributed by atoms with Crippen molar-refractivity contribution in [1.29, 1.82) is 0 Å². The Morgan fingerprint density at radius 1 is 1.06 bits per heavy atom. The third-order valence-electron chi connectivity index (χ3n) is 6.26. The molecule has 4 aromatic rings. The number of pyridine rings is 2. The second-order valence-corrected chi connectivity index (χ2v) is 8.91. The van der Waals surface area contributed by atoms with Gasteiger partial charge in [0.15, 0.2) is 11.6 Å². The molecule has 2 fully saturated rings. The normalized spacial score (nSPS) is 22.4. The molecule has 0 amide bonds. The Balaban J connectivity index is 1.34. The first-order chi connectivity index (χ1) is 16.1. The minimum absolute atomic E-state index is 0.138. The van der Waals surface area contributed by atoms with Gasteiger partial charge in [-0.1, -0.05) is 6.07 Å². The molecule has 6 heterocycles. The molecule has 9 heteroatoms. The van der Waals surface area contributed by atoms with Crippen LogP contribution in [0.2, 0.25) is 0 Å². The van der Waals surface area contributed by atoms with E-state index < -0.39 is 0 Å². The predicted molar refractivity (Wildman–Crippen MR) is 125 cm³/mol. The molecule has 2 aliphatic rings. The van der Waals surface area contributed by atoms with E-state index in [0.717, 1.165) is 65.8 Å². The average molecular weight is 446 g/mol. The summed E-state index contributed by atoms with van der Waals surface area (Å²) in [6, 6.07) is 10.9. The maximum absolute atomic E-state index is 6.57. The van der Waals surface area contributed by atoms with Crippen molar-refractivity contribution in [1.82, 2.24) is 29.7 Å². The Morgan fingerprint density at radius 3 is 2.70 bits per heavy atom. The second kappa shape index (κ2) is 8.17. The highest BCUT2D eigenvalue weighted by atomic mass is 16.5. The van der Waals surface area contributed by atoms with Gasteiger partial charge in [0.05, 0.1) is 24.9 Å². The third-order valence-corrected chi connectivity index (χ3v) is 6.26. The SMILES string of the molecule is Cc1cc(-c2cccn3nc(Nc4ccn(C)n4)cc23)c(OC2CC3COCC(C2)N3)cn1. The lowest BCUT2D eigenvalue weighted by Gasteiger charge is -2.40. The van der Waals surface area contributed by atoms with Crippen molar-refractivity contribution in [2.75, 3.05) is 18.5 Å². The number of nitrogens with one attached hydrogen (secondary N) is 2. The first-order valence-electron chi connectivity index (χ1n) is 11.3. The Labute approximate surface area is 191 Å². The molecule has 0 spiro atoms. The molecule has 2 unspecified atom stereocenters. The number of fused-ring (bicyclic) bond motifs is 3. The van der Waals surface area contributed by atoms with Gasteiger partial charge in [0.25, 0.3) is 0 Å². The fourth-order valence-corrected chi connectivity index (χ4v) is 4.83. The number of anilines is 2. The first-order valence-corrected chi connectivity index (χ1v) is 11.3. The maximum atomic E-state index is 6.57. The fraction of sp³-hybridized carbons (Fsp3) is 0.375. The Kier molecular flexibility index (Phi) is 5.00. The molecule has 0 aliphatic carbocycles. The monoisotopic (exact) mass is 445 g/mol. The van der Waals surface area contributed by atoms with Crippen LogP contribution in [0.15, 0.2) is 48.9 Å². The molecule has 0 saturated carbocycles. The van der Waals surface area contributed by atoms with Crippen LogP contribution in [0.25, 0.3) is 16.6 Å². The predicted octanol–water partition coefficient (Wildman–Crippen LogP) is 3.08. The summed E-state index contributed by atoms with van der Waals surface area (Å²) in [6.45, 7) is 3.50. The number of aromatic nitrogens is 5. The highest BCUT2D eigenvalue weighted by Gasteiger charge is 2.33. The van der Waals surface area contributed by atoms with Crippen LogP contribution in [0, 0.1) is 6.92 Å². The highest BCUT2D eigenvalue weighted by molar-refractivity contribution is 5.85. The molecule has 2 saturated heterocycles. The van der Waals surface area contributed by atoms with Crippen LogP contribution in [-0.4, -0.2) is 55.8 Å². The van der Waals surface area contributed by atoms with Crippen LogP contribution >= 0.6 is 0 Å². The van der Waals surface area contributed by atoms with Gasteiger partial charge in [0.2, 0.25) is 0 Å². The summed E-state index contributed by atoms with van der Waals surface area (Å²) in [5.41, 5.74) is 4.01. The molecule has 2 atom stereocenters. The van der Waals surface area contributed by atoms with Crippen LogP contribution in [-0.2, 0) is 11.8 Å². The van der Waals surface area contributed by atoms with E-state index in [-0.39, 0.29) is 6.10 Å². The van der Waals surface area contributed by atoms with Gasteiger partial charge in [-0.15, -0.1) is 0 Å². The van der Waals surface area contributed by atoms with E-state index in [9.17, 15) is 0 Å². The van der Waals surface area contributed by atoms with Crippen molar-refractivity contribution in [2.45, 2.75) is 38.0 Å². The summed E-state index contributed by atoms with van der Waals surface area (Å²) in [7, 11) is 1.89. The van der Waals surface area contributed by atoms with Gasteiger partial charge in [-0.3, -0.25) is 9.67 Å². The summed E-state index contributed by atoms with van der Waals surface area (Å²) in [5.74, 6) is 2.30. The van der Waals surface area contributed by atoms with Crippen LogP contribution in [0.5, 0.6) is 5.75 Å². The molecule has 2 aliphatic heterocycles. The molecule has 4 aromatic heterocycles. The van der Waals surface area contributed by atoms with Gasteiger partial charge in [0, 0.05) is 73.3 Å². The van der Waals surface area contributed by atoms with Crippen LogP contribution in [0.1, 0.15) is 18.5 Å². The van der Waals surface area contributed by atoms with E-state index >= 15 is 0 Å². The van der Waals surface area contributed by atoms with Crippen LogP contribution < -0.4 is 15.4 Å². The lowest BCUT2D eigenvalue weighted by Crippen LogP contribution is -2.56. The molecule has 9 nitrogen and oxygen atoms in total. The summed E-state index contributed by atoms with van der Waals surface area (Å²) < 4.78 is 15.9. The standard InChI is InChI=1S/C24H27N7O2/c1-15-8-20(22(12-25-15)33-18-9-16-13-32-14-17(10-18)26-16)19-4-3-6-31-21(19)11-24(29-31)27-23-5-7-30(2)28-23/h3-8,11-12,16-18,26H,9-10,13-14H2,1-2H3,(H,27,28,29). The fourth-order valence-electron chi connectivity index (χ4n) is 4.83. The minimum Gasteiger partial charge on any atom is -0.488 e. The van der Waals surface area contributed by atoms with E-state index in [0.29, 0.717) is 12.1 Å². The van der Waals surface area contributed by atoms with Gasteiger partial charge in [-0.25, -0.2) is 4.52 Å². The number of rotatable bonds is 5. The molecular weight excluding hydrogens is 418 g/mol. The van der Waals surface area contributed by atoms with E-state index in [1.807, 2.05) is 55.3 Å².